The largest absolute Gasteiger partial charge is 0.381 e. The number of fused-ring (bicyclic) bond motifs is 1. The summed E-state index contributed by atoms with van der Waals surface area (Å²) in [6, 6.07) is 0. The van der Waals surface area contributed by atoms with Crippen LogP contribution in [0.3, 0.4) is 0 Å². The number of aromatic amines is 1. The summed E-state index contributed by atoms with van der Waals surface area (Å²) in [5.74, 6) is 1.91. The quantitative estimate of drug-likeness (QED) is 0.856. The van der Waals surface area contributed by atoms with Crippen LogP contribution in [0.25, 0.3) is 5.52 Å². The van der Waals surface area contributed by atoms with E-state index >= 15 is 0 Å². The molecule has 0 unspecified atom stereocenters. The second kappa shape index (κ2) is 4.53. The molecule has 1 aliphatic heterocycles. The Morgan fingerprint density at radius 3 is 3.00 bits per heavy atom. The van der Waals surface area contributed by atoms with Crippen LogP contribution in [0.15, 0.2) is 11.0 Å². The van der Waals surface area contributed by atoms with E-state index < -0.39 is 0 Å². The predicted octanol–water partition coefficient (Wildman–Crippen LogP) is 0.874. The fraction of sp³-hybridized carbons (Fsp3) is 0.583. The SMILES string of the molecule is CCc1nn2c(C3CCOCC3)ncc2c(=O)[nH]1. The van der Waals surface area contributed by atoms with Crippen LogP contribution in [0.1, 0.15) is 37.3 Å². The highest BCUT2D eigenvalue weighted by Crippen LogP contribution is 2.25. The van der Waals surface area contributed by atoms with Crippen molar-refractivity contribution < 1.29 is 4.74 Å². The van der Waals surface area contributed by atoms with Crippen LogP contribution in [0.4, 0.5) is 0 Å². The number of H-pyrrole nitrogens is 1. The van der Waals surface area contributed by atoms with Gasteiger partial charge in [0.1, 0.15) is 11.6 Å². The Balaban J connectivity index is 2.12. The molecule has 0 aliphatic carbocycles. The highest BCUT2D eigenvalue weighted by molar-refractivity contribution is 5.42. The van der Waals surface area contributed by atoms with E-state index in [0.29, 0.717) is 23.7 Å². The highest BCUT2D eigenvalue weighted by Gasteiger charge is 2.21. The summed E-state index contributed by atoms with van der Waals surface area (Å²) in [5, 5.41) is 4.45. The Labute approximate surface area is 104 Å². The molecule has 2 aromatic rings. The molecule has 0 bridgehead atoms. The number of aromatic nitrogens is 4. The molecular weight excluding hydrogens is 232 g/mol. The van der Waals surface area contributed by atoms with Crippen LogP contribution < -0.4 is 5.56 Å². The second-order valence-electron chi connectivity index (χ2n) is 4.55. The Bertz CT molecular complexity index is 610. The van der Waals surface area contributed by atoms with E-state index in [1.165, 1.54) is 0 Å². The molecule has 3 heterocycles. The van der Waals surface area contributed by atoms with Gasteiger partial charge in [0, 0.05) is 25.6 Å². The Kier molecular flexibility index (Phi) is 2.87. The van der Waals surface area contributed by atoms with Crippen molar-refractivity contribution >= 4 is 5.52 Å². The Morgan fingerprint density at radius 1 is 1.50 bits per heavy atom. The number of nitrogens with zero attached hydrogens (tertiary/aromatic N) is 3. The highest BCUT2D eigenvalue weighted by atomic mass is 16.5. The molecule has 1 fully saturated rings. The van der Waals surface area contributed by atoms with Gasteiger partial charge >= 0.3 is 0 Å². The van der Waals surface area contributed by atoms with Gasteiger partial charge in [-0.3, -0.25) is 4.79 Å². The van der Waals surface area contributed by atoms with Crippen molar-refractivity contribution in [2.24, 2.45) is 0 Å². The van der Waals surface area contributed by atoms with Crippen molar-refractivity contribution in [2.75, 3.05) is 13.2 Å². The molecule has 0 atom stereocenters. The van der Waals surface area contributed by atoms with Crippen LogP contribution >= 0.6 is 0 Å². The van der Waals surface area contributed by atoms with Crippen LogP contribution in [-0.2, 0) is 11.2 Å². The summed E-state index contributed by atoms with van der Waals surface area (Å²) < 4.78 is 7.06. The zero-order valence-electron chi connectivity index (χ0n) is 10.3. The third-order valence-corrected chi connectivity index (χ3v) is 3.40. The minimum absolute atomic E-state index is 0.118. The van der Waals surface area contributed by atoms with Crippen molar-refractivity contribution in [3.05, 3.63) is 28.2 Å². The summed E-state index contributed by atoms with van der Waals surface area (Å²) in [5.41, 5.74) is 0.404. The third kappa shape index (κ3) is 1.82. The first kappa shape index (κ1) is 11.4. The second-order valence-corrected chi connectivity index (χ2v) is 4.55. The molecule has 0 amide bonds. The van der Waals surface area contributed by atoms with Gasteiger partial charge in [-0.25, -0.2) is 9.50 Å². The summed E-state index contributed by atoms with van der Waals surface area (Å²) in [6.07, 6.45) is 4.19. The molecule has 0 spiro atoms. The number of hydrogen-bond acceptors (Lipinski definition) is 4. The summed E-state index contributed by atoms with van der Waals surface area (Å²) in [6.45, 7) is 3.47. The first-order valence-corrected chi connectivity index (χ1v) is 6.34. The number of imidazole rings is 1. The van der Waals surface area contributed by atoms with E-state index in [1.54, 1.807) is 10.7 Å². The first-order valence-electron chi connectivity index (χ1n) is 6.34. The molecular formula is C12H16N4O2. The topological polar surface area (TPSA) is 72.3 Å². The smallest absolute Gasteiger partial charge is 0.276 e. The van der Waals surface area contributed by atoms with Crippen LogP contribution in [0.2, 0.25) is 0 Å². The molecule has 1 aliphatic rings. The van der Waals surface area contributed by atoms with Crippen LogP contribution in [0, 0.1) is 0 Å². The van der Waals surface area contributed by atoms with Crippen molar-refractivity contribution in [3.63, 3.8) is 0 Å². The zero-order chi connectivity index (χ0) is 12.5. The van der Waals surface area contributed by atoms with E-state index in [2.05, 4.69) is 15.1 Å². The van der Waals surface area contributed by atoms with Gasteiger partial charge in [0.2, 0.25) is 0 Å². The average Bonchev–Trinajstić information content (AvgIpc) is 2.84. The molecule has 0 saturated carbocycles. The fourth-order valence-corrected chi connectivity index (χ4v) is 2.35. The lowest BCUT2D eigenvalue weighted by atomic mass is 10.00. The van der Waals surface area contributed by atoms with Gasteiger partial charge in [-0.15, -0.1) is 0 Å². The van der Waals surface area contributed by atoms with E-state index in [9.17, 15) is 4.79 Å². The zero-order valence-corrected chi connectivity index (χ0v) is 10.3. The van der Waals surface area contributed by atoms with Crippen LogP contribution in [-0.4, -0.2) is 32.8 Å². The molecule has 6 heteroatoms. The molecule has 6 nitrogen and oxygen atoms in total. The van der Waals surface area contributed by atoms with Crippen LogP contribution in [0.5, 0.6) is 0 Å². The number of nitrogens with one attached hydrogen (secondary N) is 1. The minimum Gasteiger partial charge on any atom is -0.381 e. The normalized spacial score (nSPS) is 17.4. The lowest BCUT2D eigenvalue weighted by molar-refractivity contribution is 0.0832. The number of ether oxygens (including phenoxy) is 1. The maximum atomic E-state index is 11.9. The minimum atomic E-state index is -0.118. The molecule has 0 aromatic carbocycles. The molecule has 3 rings (SSSR count). The number of rotatable bonds is 2. The third-order valence-electron chi connectivity index (χ3n) is 3.40. The van der Waals surface area contributed by atoms with Gasteiger partial charge in [0.05, 0.1) is 6.20 Å². The molecule has 18 heavy (non-hydrogen) atoms. The monoisotopic (exact) mass is 248 g/mol. The maximum absolute atomic E-state index is 11.9. The van der Waals surface area contributed by atoms with Gasteiger partial charge < -0.3 is 9.72 Å². The summed E-state index contributed by atoms with van der Waals surface area (Å²) in [4.78, 5) is 19.0. The number of aryl methyl sites for hydroxylation is 1. The van der Waals surface area contributed by atoms with Crippen molar-refractivity contribution in [1.29, 1.82) is 0 Å². The van der Waals surface area contributed by atoms with Gasteiger partial charge in [-0.1, -0.05) is 6.92 Å². The number of hydrogen-bond donors (Lipinski definition) is 1. The fourth-order valence-electron chi connectivity index (χ4n) is 2.35. The van der Waals surface area contributed by atoms with E-state index in [1.807, 2.05) is 6.92 Å². The maximum Gasteiger partial charge on any atom is 0.276 e. The molecule has 1 N–H and O–H groups in total. The van der Waals surface area contributed by atoms with Crippen molar-refractivity contribution in [2.45, 2.75) is 32.1 Å². The predicted molar refractivity (Wildman–Crippen MR) is 65.8 cm³/mol. The summed E-state index contributed by atoms with van der Waals surface area (Å²) in [7, 11) is 0. The van der Waals surface area contributed by atoms with Gasteiger partial charge in [-0.05, 0) is 12.8 Å². The Morgan fingerprint density at radius 2 is 2.28 bits per heavy atom. The van der Waals surface area contributed by atoms with Gasteiger partial charge in [-0.2, -0.15) is 5.10 Å². The first-order chi connectivity index (χ1) is 8.79. The van der Waals surface area contributed by atoms with E-state index in [-0.39, 0.29) is 5.56 Å². The molecule has 0 radical (unpaired) electrons. The lowest BCUT2D eigenvalue weighted by Gasteiger charge is -2.20. The average molecular weight is 248 g/mol. The molecule has 96 valence electrons. The van der Waals surface area contributed by atoms with E-state index in [4.69, 9.17) is 4.74 Å². The molecule has 2 aromatic heterocycles. The van der Waals surface area contributed by atoms with Crippen molar-refractivity contribution in [3.8, 4) is 0 Å². The standard InChI is InChI=1S/C12H16N4O2/c1-2-10-14-12(17)9-7-13-11(16(9)15-10)8-3-5-18-6-4-8/h7-8H,2-6H2,1H3,(H,14,15,17). The van der Waals surface area contributed by atoms with Crippen molar-refractivity contribution in [1.82, 2.24) is 19.6 Å². The van der Waals surface area contributed by atoms with E-state index in [0.717, 1.165) is 31.9 Å². The van der Waals surface area contributed by atoms with Gasteiger partial charge in [0.25, 0.3) is 5.56 Å². The van der Waals surface area contributed by atoms with Gasteiger partial charge in [0.15, 0.2) is 5.52 Å². The molecule has 1 saturated heterocycles. The summed E-state index contributed by atoms with van der Waals surface area (Å²) >= 11 is 0. The lowest BCUT2D eigenvalue weighted by Crippen LogP contribution is -2.20. The Hall–Kier alpha value is -1.69.